The average molecular weight is 420 g/mol. The number of nitrogens with one attached hydrogen (secondary N) is 1. The summed E-state index contributed by atoms with van der Waals surface area (Å²) >= 11 is 3.47. The molecule has 0 radical (unpaired) electrons. The first-order valence-corrected chi connectivity index (χ1v) is 8.67. The third-order valence-corrected chi connectivity index (χ3v) is 4.86. The smallest absolute Gasteiger partial charge is 0.330 e. The van der Waals surface area contributed by atoms with Crippen molar-refractivity contribution in [2.75, 3.05) is 12.0 Å². The number of pyridine rings is 1. The number of ether oxygens (including phenoxy) is 2. The summed E-state index contributed by atoms with van der Waals surface area (Å²) < 4.78 is 12.0. The van der Waals surface area contributed by atoms with Gasteiger partial charge in [0.25, 0.3) is 5.91 Å². The second-order valence-electron chi connectivity index (χ2n) is 6.38. The number of amides is 3. The number of aromatic nitrogens is 1. The van der Waals surface area contributed by atoms with Crippen LogP contribution in [0.2, 0.25) is 0 Å². The Balaban J connectivity index is 1.91. The minimum Gasteiger partial charge on any atom is -0.496 e. The van der Waals surface area contributed by atoms with Gasteiger partial charge in [0, 0.05) is 28.4 Å². The Morgan fingerprint density at radius 3 is 2.54 bits per heavy atom. The van der Waals surface area contributed by atoms with Crippen molar-refractivity contribution in [3.05, 3.63) is 40.5 Å². The number of imide groups is 1. The highest BCUT2D eigenvalue weighted by Crippen LogP contribution is 2.34. The lowest BCUT2D eigenvalue weighted by atomic mass is 10.1. The van der Waals surface area contributed by atoms with Gasteiger partial charge in [-0.05, 0) is 32.9 Å². The zero-order valence-corrected chi connectivity index (χ0v) is 16.4. The highest BCUT2D eigenvalue weighted by Gasteiger charge is 2.45. The number of hydrogen-bond donors (Lipinski definition) is 1. The number of nitrogens with zero attached hydrogens (tertiary/aromatic N) is 2. The van der Waals surface area contributed by atoms with Crippen molar-refractivity contribution in [2.45, 2.75) is 26.3 Å². The largest absolute Gasteiger partial charge is 0.496 e. The van der Waals surface area contributed by atoms with Gasteiger partial charge in [-0.15, -0.1) is 0 Å². The number of halogens is 1. The van der Waals surface area contributed by atoms with E-state index in [4.69, 9.17) is 9.47 Å². The van der Waals surface area contributed by atoms with E-state index < -0.39 is 11.6 Å². The van der Waals surface area contributed by atoms with E-state index in [-0.39, 0.29) is 11.7 Å². The minimum absolute atomic E-state index is 0.203. The summed E-state index contributed by atoms with van der Waals surface area (Å²) in [5.74, 6) is 1.51. The van der Waals surface area contributed by atoms with E-state index in [1.807, 2.05) is 13.0 Å². The van der Waals surface area contributed by atoms with Gasteiger partial charge in [0.15, 0.2) is 0 Å². The van der Waals surface area contributed by atoms with E-state index in [9.17, 15) is 9.59 Å². The lowest BCUT2D eigenvalue weighted by molar-refractivity contribution is -0.121. The SMILES string of the molecule is COc1cc(Oc2ccnc(N3C(=O)NC(C)(C)C3=O)c2)cc(Br)c1C. The number of benzene rings is 1. The molecular weight excluding hydrogens is 402 g/mol. The van der Waals surface area contributed by atoms with Crippen molar-refractivity contribution in [1.29, 1.82) is 0 Å². The highest BCUT2D eigenvalue weighted by atomic mass is 79.9. The Morgan fingerprint density at radius 1 is 1.19 bits per heavy atom. The van der Waals surface area contributed by atoms with Crippen molar-refractivity contribution in [3.63, 3.8) is 0 Å². The van der Waals surface area contributed by atoms with Gasteiger partial charge < -0.3 is 14.8 Å². The van der Waals surface area contributed by atoms with Crippen LogP contribution in [0.1, 0.15) is 19.4 Å². The molecule has 1 fully saturated rings. The quantitative estimate of drug-likeness (QED) is 0.762. The molecule has 7 nitrogen and oxygen atoms in total. The molecule has 1 saturated heterocycles. The standard InChI is InChI=1S/C18H18BrN3O4/c1-10-13(19)7-12(8-14(10)25-4)26-11-5-6-20-15(9-11)22-16(23)18(2,3)21-17(22)24/h5-9H,1-4H3,(H,21,24). The zero-order chi connectivity index (χ0) is 19.1. The maximum atomic E-state index is 12.4. The predicted molar refractivity (Wildman–Crippen MR) is 99.8 cm³/mol. The van der Waals surface area contributed by atoms with Crippen LogP contribution in [-0.4, -0.2) is 29.6 Å². The second kappa shape index (κ2) is 6.60. The van der Waals surface area contributed by atoms with Gasteiger partial charge in [-0.2, -0.15) is 0 Å². The molecule has 2 heterocycles. The summed E-state index contributed by atoms with van der Waals surface area (Å²) in [5.41, 5.74) is -0.0120. The fourth-order valence-corrected chi connectivity index (χ4v) is 3.00. The number of urea groups is 1. The van der Waals surface area contributed by atoms with Gasteiger partial charge in [-0.1, -0.05) is 15.9 Å². The molecular formula is C18H18BrN3O4. The zero-order valence-electron chi connectivity index (χ0n) is 14.8. The van der Waals surface area contributed by atoms with Crippen LogP contribution < -0.4 is 19.7 Å². The fraction of sp³-hybridized carbons (Fsp3) is 0.278. The normalized spacial score (nSPS) is 15.8. The van der Waals surface area contributed by atoms with Crippen LogP contribution in [0.5, 0.6) is 17.2 Å². The van der Waals surface area contributed by atoms with Crippen LogP contribution in [0.25, 0.3) is 0 Å². The first-order valence-electron chi connectivity index (χ1n) is 7.87. The summed E-state index contributed by atoms with van der Waals surface area (Å²) in [4.78, 5) is 29.7. The Hall–Kier alpha value is -2.61. The topological polar surface area (TPSA) is 80.8 Å². The number of rotatable bonds is 4. The fourth-order valence-electron chi connectivity index (χ4n) is 2.58. The molecule has 0 aliphatic carbocycles. The van der Waals surface area contributed by atoms with Gasteiger partial charge >= 0.3 is 6.03 Å². The van der Waals surface area contributed by atoms with Crippen LogP contribution in [0.4, 0.5) is 10.6 Å². The molecule has 1 aromatic heterocycles. The Morgan fingerprint density at radius 2 is 1.92 bits per heavy atom. The average Bonchev–Trinajstić information content (AvgIpc) is 2.78. The summed E-state index contributed by atoms with van der Waals surface area (Å²) in [5, 5.41) is 2.62. The molecule has 0 spiro atoms. The first kappa shape index (κ1) is 18.2. The molecule has 2 aromatic rings. The molecule has 26 heavy (non-hydrogen) atoms. The maximum Gasteiger partial charge on any atom is 0.330 e. The summed E-state index contributed by atoms with van der Waals surface area (Å²) in [6, 6.07) is 6.25. The van der Waals surface area contributed by atoms with Gasteiger partial charge in [-0.25, -0.2) is 14.7 Å². The van der Waals surface area contributed by atoms with Crippen molar-refractivity contribution >= 4 is 33.7 Å². The predicted octanol–water partition coefficient (Wildman–Crippen LogP) is 3.79. The summed E-state index contributed by atoms with van der Waals surface area (Å²) in [6.45, 7) is 5.21. The van der Waals surface area contributed by atoms with Crippen molar-refractivity contribution < 1.29 is 19.1 Å². The molecule has 1 aliphatic heterocycles. The van der Waals surface area contributed by atoms with E-state index >= 15 is 0 Å². The Labute approximate surface area is 159 Å². The van der Waals surface area contributed by atoms with Crippen LogP contribution >= 0.6 is 15.9 Å². The van der Waals surface area contributed by atoms with E-state index in [2.05, 4.69) is 26.2 Å². The van der Waals surface area contributed by atoms with Gasteiger partial charge in [0.2, 0.25) is 0 Å². The molecule has 0 unspecified atom stereocenters. The van der Waals surface area contributed by atoms with Crippen LogP contribution in [0, 0.1) is 6.92 Å². The number of carbonyl (C=O) groups is 2. The number of methoxy groups -OCH3 is 1. The number of hydrogen-bond acceptors (Lipinski definition) is 5. The van der Waals surface area contributed by atoms with Gasteiger partial charge in [0.05, 0.1) is 7.11 Å². The monoisotopic (exact) mass is 419 g/mol. The van der Waals surface area contributed by atoms with Crippen molar-refractivity contribution in [2.24, 2.45) is 0 Å². The number of carbonyl (C=O) groups excluding carboxylic acids is 2. The lowest BCUT2D eigenvalue weighted by Gasteiger charge is -2.16. The molecule has 1 N–H and O–H groups in total. The summed E-state index contributed by atoms with van der Waals surface area (Å²) in [7, 11) is 1.59. The molecule has 8 heteroatoms. The third kappa shape index (κ3) is 3.24. The van der Waals surface area contributed by atoms with Crippen molar-refractivity contribution in [3.8, 4) is 17.2 Å². The van der Waals surface area contributed by atoms with Gasteiger partial charge in [0.1, 0.15) is 28.6 Å². The summed E-state index contributed by atoms with van der Waals surface area (Å²) in [6.07, 6.45) is 1.48. The molecule has 1 aromatic carbocycles. The lowest BCUT2D eigenvalue weighted by Crippen LogP contribution is -2.40. The highest BCUT2D eigenvalue weighted by molar-refractivity contribution is 9.10. The van der Waals surface area contributed by atoms with Crippen LogP contribution in [0.3, 0.4) is 0 Å². The van der Waals surface area contributed by atoms with E-state index in [0.717, 1.165) is 14.9 Å². The molecule has 0 atom stereocenters. The van der Waals surface area contributed by atoms with Gasteiger partial charge in [-0.3, -0.25) is 4.79 Å². The van der Waals surface area contributed by atoms with Crippen molar-refractivity contribution in [1.82, 2.24) is 10.3 Å². The third-order valence-electron chi connectivity index (χ3n) is 4.03. The van der Waals surface area contributed by atoms with E-state index in [0.29, 0.717) is 17.2 Å². The maximum absolute atomic E-state index is 12.4. The second-order valence-corrected chi connectivity index (χ2v) is 7.23. The molecule has 0 bridgehead atoms. The van der Waals surface area contributed by atoms with E-state index in [1.54, 1.807) is 39.2 Å². The Kier molecular flexibility index (Phi) is 4.62. The number of anilines is 1. The van der Waals surface area contributed by atoms with E-state index in [1.165, 1.54) is 6.20 Å². The minimum atomic E-state index is -0.967. The first-order chi connectivity index (χ1) is 12.2. The molecule has 3 rings (SSSR count). The molecule has 136 valence electrons. The van der Waals surface area contributed by atoms with Crippen LogP contribution in [0.15, 0.2) is 34.9 Å². The molecule has 1 aliphatic rings. The Bertz CT molecular complexity index is 898. The molecule has 0 saturated carbocycles. The van der Waals surface area contributed by atoms with Crippen LogP contribution in [-0.2, 0) is 4.79 Å². The molecule has 3 amide bonds.